The van der Waals surface area contributed by atoms with Gasteiger partial charge in [0, 0.05) is 4.47 Å². The van der Waals surface area contributed by atoms with Crippen molar-refractivity contribution >= 4 is 33.7 Å². The predicted molar refractivity (Wildman–Crippen MR) is 63.4 cm³/mol. The maximum Gasteiger partial charge on any atom is 0.275 e. The third-order valence-corrected chi connectivity index (χ3v) is 2.52. The molecule has 0 aliphatic carbocycles. The molecule has 0 bridgehead atoms. The lowest BCUT2D eigenvalue weighted by atomic mass is 10.2. The van der Waals surface area contributed by atoms with Gasteiger partial charge < -0.3 is 5.32 Å². The van der Waals surface area contributed by atoms with Crippen molar-refractivity contribution in [2.24, 2.45) is 4.99 Å². The van der Waals surface area contributed by atoms with Gasteiger partial charge in [-0.3, -0.25) is 4.79 Å². The number of amides is 1. The van der Waals surface area contributed by atoms with E-state index in [1.165, 1.54) is 0 Å². The standard InChI is InChI=1S/C11H9BrN2O/c1-7-13-10(11(15)14-7)6-8-2-4-9(12)5-3-8/h2-6H,1H3,(H,13,14,15)/b10-6+. The molecule has 1 N–H and O–H groups in total. The Hall–Kier alpha value is -1.42. The van der Waals surface area contributed by atoms with Crippen LogP contribution in [0.3, 0.4) is 0 Å². The van der Waals surface area contributed by atoms with Crippen molar-refractivity contribution in [2.45, 2.75) is 6.92 Å². The molecule has 0 saturated heterocycles. The smallest absolute Gasteiger partial charge is 0.275 e. The summed E-state index contributed by atoms with van der Waals surface area (Å²) in [5.74, 6) is 0.499. The van der Waals surface area contributed by atoms with Crippen molar-refractivity contribution in [1.82, 2.24) is 5.32 Å². The van der Waals surface area contributed by atoms with Gasteiger partial charge in [-0.15, -0.1) is 0 Å². The zero-order valence-corrected chi connectivity index (χ0v) is 9.71. The van der Waals surface area contributed by atoms with E-state index in [1.807, 2.05) is 24.3 Å². The molecule has 1 aliphatic heterocycles. The Balaban J connectivity index is 2.31. The number of rotatable bonds is 1. The Morgan fingerprint density at radius 2 is 2.00 bits per heavy atom. The maximum atomic E-state index is 11.4. The fourth-order valence-corrected chi connectivity index (χ4v) is 1.57. The average molecular weight is 265 g/mol. The largest absolute Gasteiger partial charge is 0.309 e. The Kier molecular flexibility index (Phi) is 2.68. The van der Waals surface area contributed by atoms with E-state index in [0.29, 0.717) is 11.5 Å². The first-order chi connectivity index (χ1) is 7.15. The highest BCUT2D eigenvalue weighted by molar-refractivity contribution is 9.10. The second-order valence-corrected chi connectivity index (χ2v) is 4.15. The van der Waals surface area contributed by atoms with E-state index in [2.05, 4.69) is 26.2 Å². The number of aliphatic imine (C=N–C) groups is 1. The molecular weight excluding hydrogens is 256 g/mol. The zero-order chi connectivity index (χ0) is 10.8. The third kappa shape index (κ3) is 2.33. The third-order valence-electron chi connectivity index (χ3n) is 1.99. The summed E-state index contributed by atoms with van der Waals surface area (Å²) in [5, 5.41) is 2.63. The topological polar surface area (TPSA) is 41.5 Å². The molecular formula is C11H9BrN2O. The summed E-state index contributed by atoms with van der Waals surface area (Å²) < 4.78 is 1.01. The van der Waals surface area contributed by atoms with Crippen LogP contribution in [0, 0.1) is 0 Å². The summed E-state index contributed by atoms with van der Waals surface area (Å²) in [4.78, 5) is 15.4. The lowest BCUT2D eigenvalue weighted by molar-refractivity contribution is -0.115. The molecule has 0 fully saturated rings. The molecule has 1 aromatic carbocycles. The quantitative estimate of drug-likeness (QED) is 0.778. The van der Waals surface area contributed by atoms with Crippen molar-refractivity contribution in [1.29, 1.82) is 0 Å². The molecule has 0 radical (unpaired) electrons. The monoisotopic (exact) mass is 264 g/mol. The van der Waals surface area contributed by atoms with Crippen LogP contribution in [0.5, 0.6) is 0 Å². The van der Waals surface area contributed by atoms with E-state index >= 15 is 0 Å². The maximum absolute atomic E-state index is 11.4. The van der Waals surface area contributed by atoms with Gasteiger partial charge >= 0.3 is 0 Å². The van der Waals surface area contributed by atoms with Crippen molar-refractivity contribution in [3.8, 4) is 0 Å². The van der Waals surface area contributed by atoms with Crippen LogP contribution in [-0.2, 0) is 4.79 Å². The summed E-state index contributed by atoms with van der Waals surface area (Å²) in [7, 11) is 0. The predicted octanol–water partition coefficient (Wildman–Crippen LogP) is 2.34. The van der Waals surface area contributed by atoms with E-state index in [9.17, 15) is 4.79 Å². The summed E-state index contributed by atoms with van der Waals surface area (Å²) in [6.07, 6.45) is 1.76. The number of nitrogens with one attached hydrogen (secondary N) is 1. The number of carbonyl (C=O) groups is 1. The van der Waals surface area contributed by atoms with E-state index in [-0.39, 0.29) is 5.91 Å². The Bertz CT molecular complexity index is 460. The van der Waals surface area contributed by atoms with E-state index in [4.69, 9.17) is 0 Å². The van der Waals surface area contributed by atoms with Gasteiger partial charge in [0.25, 0.3) is 5.91 Å². The first-order valence-corrected chi connectivity index (χ1v) is 5.28. The molecule has 0 unspecified atom stereocenters. The van der Waals surface area contributed by atoms with Crippen molar-refractivity contribution in [2.75, 3.05) is 0 Å². The van der Waals surface area contributed by atoms with Crippen molar-refractivity contribution in [3.05, 3.63) is 40.0 Å². The van der Waals surface area contributed by atoms with Crippen molar-refractivity contribution < 1.29 is 4.79 Å². The van der Waals surface area contributed by atoms with Crippen LogP contribution in [0.2, 0.25) is 0 Å². The van der Waals surface area contributed by atoms with Crippen LogP contribution < -0.4 is 5.32 Å². The number of benzene rings is 1. The summed E-state index contributed by atoms with van der Waals surface area (Å²) in [6.45, 7) is 1.76. The minimum Gasteiger partial charge on any atom is -0.309 e. The molecule has 1 amide bonds. The number of halogens is 1. The van der Waals surface area contributed by atoms with Gasteiger partial charge in [0.2, 0.25) is 0 Å². The second kappa shape index (κ2) is 3.98. The Labute approximate surface area is 96.0 Å². The molecule has 0 spiro atoms. The van der Waals surface area contributed by atoms with Gasteiger partial charge in [0.15, 0.2) is 0 Å². The van der Waals surface area contributed by atoms with Crippen LogP contribution in [-0.4, -0.2) is 11.7 Å². The molecule has 76 valence electrons. The highest BCUT2D eigenvalue weighted by Crippen LogP contribution is 2.15. The van der Waals surface area contributed by atoms with Crippen LogP contribution in [0.15, 0.2) is 39.4 Å². The van der Waals surface area contributed by atoms with Gasteiger partial charge in [-0.05, 0) is 30.7 Å². The molecule has 0 aromatic heterocycles. The number of carbonyl (C=O) groups excluding carboxylic acids is 1. The van der Waals surface area contributed by atoms with Crippen molar-refractivity contribution in [3.63, 3.8) is 0 Å². The summed E-state index contributed by atoms with van der Waals surface area (Å²) in [6, 6.07) is 7.70. The highest BCUT2D eigenvalue weighted by Gasteiger charge is 2.16. The van der Waals surface area contributed by atoms with Crippen LogP contribution in [0.1, 0.15) is 12.5 Å². The fourth-order valence-electron chi connectivity index (χ4n) is 1.30. The second-order valence-electron chi connectivity index (χ2n) is 3.23. The van der Waals surface area contributed by atoms with E-state index < -0.39 is 0 Å². The molecule has 0 saturated carbocycles. The number of hydrogen-bond acceptors (Lipinski definition) is 2. The van der Waals surface area contributed by atoms with Gasteiger partial charge in [0.1, 0.15) is 11.5 Å². The van der Waals surface area contributed by atoms with Gasteiger partial charge in [-0.1, -0.05) is 28.1 Å². The van der Waals surface area contributed by atoms with Crippen LogP contribution >= 0.6 is 15.9 Å². The molecule has 0 atom stereocenters. The van der Waals surface area contributed by atoms with Gasteiger partial charge in [-0.2, -0.15) is 0 Å². The molecule has 1 aromatic rings. The Morgan fingerprint density at radius 3 is 2.53 bits per heavy atom. The SMILES string of the molecule is CC1=N/C(=C/c2ccc(Br)cc2)C(=O)N1. The van der Waals surface area contributed by atoms with Crippen LogP contribution in [0.25, 0.3) is 6.08 Å². The fraction of sp³-hybridized carbons (Fsp3) is 0.0909. The van der Waals surface area contributed by atoms with Crippen LogP contribution in [0.4, 0.5) is 0 Å². The van der Waals surface area contributed by atoms with Gasteiger partial charge in [0.05, 0.1) is 0 Å². The molecule has 3 nitrogen and oxygen atoms in total. The minimum absolute atomic E-state index is 0.143. The molecule has 1 aliphatic rings. The molecule has 15 heavy (non-hydrogen) atoms. The molecule has 1 heterocycles. The zero-order valence-electron chi connectivity index (χ0n) is 8.12. The van der Waals surface area contributed by atoms with Gasteiger partial charge in [-0.25, -0.2) is 4.99 Å². The number of nitrogens with zero attached hydrogens (tertiary/aromatic N) is 1. The highest BCUT2D eigenvalue weighted by atomic mass is 79.9. The van der Waals surface area contributed by atoms with E-state index in [0.717, 1.165) is 10.0 Å². The first kappa shape index (κ1) is 10.1. The average Bonchev–Trinajstić information content (AvgIpc) is 2.49. The summed E-state index contributed by atoms with van der Waals surface area (Å²) in [5.41, 5.74) is 1.41. The summed E-state index contributed by atoms with van der Waals surface area (Å²) >= 11 is 3.35. The lowest BCUT2D eigenvalue weighted by Gasteiger charge is -1.94. The molecule has 2 rings (SSSR count). The molecule has 4 heteroatoms. The Morgan fingerprint density at radius 1 is 1.33 bits per heavy atom. The lowest BCUT2D eigenvalue weighted by Crippen LogP contribution is -2.21. The normalized spacial score (nSPS) is 17.9. The minimum atomic E-state index is -0.143. The first-order valence-electron chi connectivity index (χ1n) is 4.49. The van der Waals surface area contributed by atoms with E-state index in [1.54, 1.807) is 13.0 Å². The number of amidine groups is 1. The number of hydrogen-bond donors (Lipinski definition) is 1.